The molecule has 56 valence electrons. The highest BCUT2D eigenvalue weighted by Gasteiger charge is 2.91. The first-order valence-electron chi connectivity index (χ1n) is 4.56. The van der Waals surface area contributed by atoms with Crippen molar-refractivity contribution in [2.24, 2.45) is 22.2 Å². The van der Waals surface area contributed by atoms with Crippen LogP contribution in [0.2, 0.25) is 0 Å². The zero-order valence-electron chi connectivity index (χ0n) is 7.20. The van der Waals surface area contributed by atoms with E-state index in [-0.39, 0.29) is 0 Å². The van der Waals surface area contributed by atoms with Gasteiger partial charge in [-0.2, -0.15) is 0 Å². The average Bonchev–Trinajstić information content (AvgIpc) is 2.61. The molecular weight excluding hydrogens is 120 g/mol. The first-order chi connectivity index (χ1) is 4.56. The predicted molar refractivity (Wildman–Crippen MR) is 41.7 cm³/mol. The van der Waals surface area contributed by atoms with Gasteiger partial charge in [0.2, 0.25) is 0 Å². The van der Waals surface area contributed by atoms with E-state index in [0.29, 0.717) is 5.41 Å². The monoisotopic (exact) mass is 136 g/mol. The van der Waals surface area contributed by atoms with Crippen molar-refractivity contribution < 1.29 is 0 Å². The van der Waals surface area contributed by atoms with Crippen LogP contribution >= 0.6 is 0 Å². The second-order valence-corrected chi connectivity index (χ2v) is 5.37. The molecule has 0 heteroatoms. The molecule has 3 aliphatic rings. The van der Waals surface area contributed by atoms with Crippen LogP contribution in [0.1, 0.15) is 40.0 Å². The van der Waals surface area contributed by atoms with Gasteiger partial charge in [0, 0.05) is 0 Å². The largest absolute Gasteiger partial charge is 0.0588 e. The lowest BCUT2D eigenvalue weighted by Crippen LogP contribution is -2.03. The SMILES string of the molecule is CC1(C)C23CC2CC[C@@]13C. The maximum Gasteiger partial charge on any atom is -0.0150 e. The molecule has 10 heavy (non-hydrogen) atoms. The third-order valence-electron chi connectivity index (χ3n) is 5.51. The zero-order chi connectivity index (χ0) is 7.20. The van der Waals surface area contributed by atoms with Crippen molar-refractivity contribution in [3.63, 3.8) is 0 Å². The van der Waals surface area contributed by atoms with E-state index < -0.39 is 0 Å². The predicted octanol–water partition coefficient (Wildman–Crippen LogP) is 2.83. The van der Waals surface area contributed by atoms with Crippen LogP contribution in [0.4, 0.5) is 0 Å². The van der Waals surface area contributed by atoms with Gasteiger partial charge >= 0.3 is 0 Å². The lowest BCUT2D eigenvalue weighted by Gasteiger charge is -2.12. The van der Waals surface area contributed by atoms with E-state index in [9.17, 15) is 0 Å². The van der Waals surface area contributed by atoms with Crippen LogP contribution in [0.3, 0.4) is 0 Å². The highest BCUT2D eigenvalue weighted by molar-refractivity contribution is 5.38. The maximum absolute atomic E-state index is 2.51. The molecule has 3 aliphatic carbocycles. The number of hydrogen-bond donors (Lipinski definition) is 0. The van der Waals surface area contributed by atoms with Crippen molar-refractivity contribution in [2.45, 2.75) is 40.0 Å². The van der Waals surface area contributed by atoms with Crippen molar-refractivity contribution in [1.82, 2.24) is 0 Å². The van der Waals surface area contributed by atoms with Crippen LogP contribution in [-0.2, 0) is 0 Å². The zero-order valence-corrected chi connectivity index (χ0v) is 7.20. The molecule has 3 fully saturated rings. The fourth-order valence-corrected chi connectivity index (χ4v) is 4.45. The first-order valence-corrected chi connectivity index (χ1v) is 4.56. The van der Waals surface area contributed by atoms with Crippen LogP contribution in [0.15, 0.2) is 0 Å². The number of rotatable bonds is 0. The van der Waals surface area contributed by atoms with E-state index in [4.69, 9.17) is 0 Å². The van der Waals surface area contributed by atoms with Crippen LogP contribution in [0.5, 0.6) is 0 Å². The van der Waals surface area contributed by atoms with Gasteiger partial charge in [-0.1, -0.05) is 20.8 Å². The van der Waals surface area contributed by atoms with Gasteiger partial charge < -0.3 is 0 Å². The van der Waals surface area contributed by atoms with Gasteiger partial charge in [-0.05, 0) is 41.4 Å². The van der Waals surface area contributed by atoms with Gasteiger partial charge in [0.05, 0.1) is 0 Å². The Morgan fingerprint density at radius 2 is 1.90 bits per heavy atom. The van der Waals surface area contributed by atoms with Crippen molar-refractivity contribution >= 4 is 0 Å². The second kappa shape index (κ2) is 1.00. The van der Waals surface area contributed by atoms with Crippen molar-refractivity contribution in [3.8, 4) is 0 Å². The Bertz CT molecular complexity index is 210. The molecule has 3 rings (SSSR count). The molecule has 0 radical (unpaired) electrons. The molecule has 0 heterocycles. The Labute approximate surface area is 63.0 Å². The highest BCUT2D eigenvalue weighted by Crippen LogP contribution is 2.97. The summed E-state index contributed by atoms with van der Waals surface area (Å²) in [5, 5.41) is 0. The van der Waals surface area contributed by atoms with Crippen molar-refractivity contribution in [2.75, 3.05) is 0 Å². The number of hydrogen-bond acceptors (Lipinski definition) is 0. The Morgan fingerprint density at radius 3 is 2.10 bits per heavy atom. The van der Waals surface area contributed by atoms with Crippen LogP contribution < -0.4 is 0 Å². The van der Waals surface area contributed by atoms with Gasteiger partial charge in [0.15, 0.2) is 0 Å². The Hall–Kier alpha value is 0. The van der Waals surface area contributed by atoms with Crippen molar-refractivity contribution in [3.05, 3.63) is 0 Å². The van der Waals surface area contributed by atoms with Crippen LogP contribution in [-0.4, -0.2) is 0 Å². The van der Waals surface area contributed by atoms with Gasteiger partial charge in [0.25, 0.3) is 0 Å². The molecule has 0 amide bonds. The van der Waals surface area contributed by atoms with E-state index in [1.807, 2.05) is 0 Å². The maximum atomic E-state index is 2.51. The Kier molecular flexibility index (Phi) is 0.562. The second-order valence-electron chi connectivity index (χ2n) is 5.37. The topological polar surface area (TPSA) is 0 Å². The van der Waals surface area contributed by atoms with E-state index in [1.165, 1.54) is 6.42 Å². The summed E-state index contributed by atoms with van der Waals surface area (Å²) < 4.78 is 0. The minimum absolute atomic E-state index is 0.711. The lowest BCUT2D eigenvalue weighted by molar-refractivity contribution is 0.377. The lowest BCUT2D eigenvalue weighted by atomic mass is 9.93. The molecule has 3 saturated carbocycles. The molecule has 3 atom stereocenters. The van der Waals surface area contributed by atoms with Gasteiger partial charge in [0.1, 0.15) is 0 Å². The minimum atomic E-state index is 0.711. The Morgan fingerprint density at radius 1 is 1.20 bits per heavy atom. The molecule has 0 aromatic heterocycles. The normalized spacial score (nSPS) is 66.9. The minimum Gasteiger partial charge on any atom is -0.0588 e. The van der Waals surface area contributed by atoms with Crippen LogP contribution in [0, 0.1) is 22.2 Å². The molecule has 0 aromatic carbocycles. The van der Waals surface area contributed by atoms with E-state index >= 15 is 0 Å². The summed E-state index contributed by atoms with van der Waals surface area (Å²) in [5.74, 6) is 1.15. The summed E-state index contributed by atoms with van der Waals surface area (Å²) in [4.78, 5) is 0. The van der Waals surface area contributed by atoms with E-state index in [1.54, 1.807) is 12.8 Å². The molecule has 2 unspecified atom stereocenters. The van der Waals surface area contributed by atoms with Gasteiger partial charge in [-0.3, -0.25) is 0 Å². The first kappa shape index (κ1) is 5.62. The molecule has 0 nitrogen and oxygen atoms in total. The summed E-state index contributed by atoms with van der Waals surface area (Å²) in [5.41, 5.74) is 2.34. The Balaban J connectivity index is 2.13. The summed E-state index contributed by atoms with van der Waals surface area (Å²) in [6.07, 6.45) is 4.63. The smallest absolute Gasteiger partial charge is 0.0150 e. The molecule has 0 N–H and O–H groups in total. The fraction of sp³-hybridized carbons (Fsp3) is 1.00. The highest BCUT2D eigenvalue weighted by atomic mass is 14.9. The quantitative estimate of drug-likeness (QED) is 0.480. The van der Waals surface area contributed by atoms with Gasteiger partial charge in [-0.25, -0.2) is 0 Å². The molecule has 0 aliphatic heterocycles. The molecule has 1 spiro atoms. The molecule has 0 aromatic rings. The summed E-state index contributed by atoms with van der Waals surface area (Å²) in [7, 11) is 0. The summed E-state index contributed by atoms with van der Waals surface area (Å²) in [6.45, 7) is 7.47. The van der Waals surface area contributed by atoms with E-state index in [0.717, 1.165) is 16.7 Å². The van der Waals surface area contributed by atoms with E-state index in [2.05, 4.69) is 20.8 Å². The van der Waals surface area contributed by atoms with Crippen molar-refractivity contribution in [1.29, 1.82) is 0 Å². The standard InChI is InChI=1S/C10H16/c1-8(2)9(3)5-4-7-6-10(7,8)9/h7H,4-6H2,1-3H3/t7?,9-,10?/m0/s1. The average molecular weight is 136 g/mol. The third kappa shape index (κ3) is 0.245. The summed E-state index contributed by atoms with van der Waals surface area (Å²) >= 11 is 0. The van der Waals surface area contributed by atoms with Gasteiger partial charge in [-0.15, -0.1) is 0 Å². The summed E-state index contributed by atoms with van der Waals surface area (Å²) in [6, 6.07) is 0. The fourth-order valence-electron chi connectivity index (χ4n) is 4.45. The molecular formula is C10H16. The molecule has 0 saturated heterocycles. The molecule has 0 bridgehead atoms. The third-order valence-corrected chi connectivity index (χ3v) is 5.51. The van der Waals surface area contributed by atoms with Crippen LogP contribution in [0.25, 0.3) is 0 Å².